The van der Waals surface area contributed by atoms with Crippen LogP contribution in [0.2, 0.25) is 0 Å². The number of piperidine rings is 4. The van der Waals surface area contributed by atoms with Crippen molar-refractivity contribution in [1.29, 1.82) is 0 Å². The number of ether oxygens (including phenoxy) is 1. The van der Waals surface area contributed by atoms with Gasteiger partial charge in [0.2, 0.25) is 11.8 Å². The number of amides is 6. The topological polar surface area (TPSA) is 189 Å². The third-order valence-corrected chi connectivity index (χ3v) is 13.9. The van der Waals surface area contributed by atoms with Crippen molar-refractivity contribution >= 4 is 52.2 Å². The number of imide groups is 2. The summed E-state index contributed by atoms with van der Waals surface area (Å²) in [5.41, 5.74) is 10.2. The molecule has 0 saturated carbocycles. The van der Waals surface area contributed by atoms with Gasteiger partial charge in [0, 0.05) is 56.9 Å². The molecule has 2 atom stereocenters. The fourth-order valence-corrected chi connectivity index (χ4v) is 10.3. The first kappa shape index (κ1) is 41.2. The quantitative estimate of drug-likeness (QED) is 0.155. The minimum absolute atomic E-state index is 0.0577. The fraction of sp³-hybridized carbons (Fsp3) is 0.417. The van der Waals surface area contributed by atoms with Gasteiger partial charge < -0.3 is 25.2 Å². The predicted molar refractivity (Wildman–Crippen MR) is 239 cm³/mol. The Morgan fingerprint density at radius 3 is 2.19 bits per heavy atom. The van der Waals surface area contributed by atoms with Gasteiger partial charge in [-0.15, -0.1) is 0 Å². The largest absolute Gasteiger partial charge is 0.457 e. The normalized spacial score (nSPS) is 21.1. The van der Waals surface area contributed by atoms with Crippen molar-refractivity contribution in [3.63, 3.8) is 0 Å². The van der Waals surface area contributed by atoms with E-state index in [0.717, 1.165) is 99.4 Å². The third-order valence-electron chi connectivity index (χ3n) is 13.9. The Bertz CT molecular complexity index is 2600. The average molecular weight is 865 g/mol. The number of benzene rings is 3. The highest BCUT2D eigenvalue weighted by atomic mass is 16.5. The first-order valence-electron chi connectivity index (χ1n) is 22.6. The first-order chi connectivity index (χ1) is 31.2. The summed E-state index contributed by atoms with van der Waals surface area (Å²) < 4.78 is 7.96. The summed E-state index contributed by atoms with van der Waals surface area (Å²) in [6, 6.07) is 21.8. The Hall–Kier alpha value is -6.84. The van der Waals surface area contributed by atoms with Crippen LogP contribution in [-0.2, 0) is 9.59 Å². The van der Waals surface area contributed by atoms with Crippen molar-refractivity contribution in [3.05, 3.63) is 90.3 Å². The van der Waals surface area contributed by atoms with Gasteiger partial charge in [-0.2, -0.15) is 5.10 Å². The van der Waals surface area contributed by atoms with Gasteiger partial charge >= 0.3 is 6.03 Å². The summed E-state index contributed by atoms with van der Waals surface area (Å²) in [6.45, 7) is 4.49. The van der Waals surface area contributed by atoms with Crippen LogP contribution in [-0.4, -0.2) is 109 Å². The molecule has 16 heteroatoms. The fourth-order valence-electron chi connectivity index (χ4n) is 10.3. The Kier molecular flexibility index (Phi) is 11.2. The van der Waals surface area contributed by atoms with E-state index in [2.05, 4.69) is 20.2 Å². The van der Waals surface area contributed by atoms with Gasteiger partial charge in [0.1, 0.15) is 35.4 Å². The maximum Gasteiger partial charge on any atom is 0.320 e. The molecule has 0 spiro atoms. The highest BCUT2D eigenvalue weighted by molar-refractivity contribution is 6.23. The third kappa shape index (κ3) is 8.01. The minimum atomic E-state index is -0.973. The summed E-state index contributed by atoms with van der Waals surface area (Å²) in [4.78, 5) is 80.9. The lowest BCUT2D eigenvalue weighted by molar-refractivity contribution is -0.136. The van der Waals surface area contributed by atoms with E-state index >= 15 is 0 Å². The number of carbonyl (C=O) groups excluding carboxylic acids is 5. The molecule has 0 aliphatic carbocycles. The predicted octanol–water partition coefficient (Wildman–Crippen LogP) is 6.43. The van der Waals surface area contributed by atoms with Crippen molar-refractivity contribution in [2.45, 2.75) is 76.3 Å². The van der Waals surface area contributed by atoms with E-state index in [9.17, 15) is 24.0 Å². The number of likely N-dealkylation sites (tertiary alicyclic amines) is 2. The van der Waals surface area contributed by atoms with E-state index in [1.54, 1.807) is 12.1 Å². The smallest absolute Gasteiger partial charge is 0.320 e. The number of aromatic nitrogens is 4. The number of nitrogens with zero attached hydrogens (tertiary/aromatic N) is 8. The Morgan fingerprint density at radius 2 is 1.45 bits per heavy atom. The highest BCUT2D eigenvalue weighted by Gasteiger charge is 2.45. The minimum Gasteiger partial charge on any atom is -0.457 e. The Balaban J connectivity index is 0.705. The molecule has 5 aromatic rings. The van der Waals surface area contributed by atoms with Crippen LogP contribution in [0.5, 0.6) is 11.5 Å². The molecule has 4 fully saturated rings. The molecule has 4 saturated heterocycles. The van der Waals surface area contributed by atoms with Crippen LogP contribution in [0.25, 0.3) is 22.3 Å². The molecule has 330 valence electrons. The molecule has 3 N–H and O–H groups in total. The van der Waals surface area contributed by atoms with Crippen molar-refractivity contribution < 1.29 is 28.7 Å². The first-order valence-corrected chi connectivity index (χ1v) is 22.6. The lowest BCUT2D eigenvalue weighted by Gasteiger charge is -2.39. The lowest BCUT2D eigenvalue weighted by atomic mass is 9.85. The number of para-hydroxylation sites is 1. The summed E-state index contributed by atoms with van der Waals surface area (Å²) >= 11 is 0. The number of anilines is 2. The number of rotatable bonds is 9. The summed E-state index contributed by atoms with van der Waals surface area (Å²) in [6.07, 6.45) is 9.81. The summed E-state index contributed by atoms with van der Waals surface area (Å²) in [5, 5.41) is 8.04. The second-order valence-corrected chi connectivity index (χ2v) is 17.8. The molecule has 64 heavy (non-hydrogen) atoms. The van der Waals surface area contributed by atoms with Crippen molar-refractivity contribution in [2.24, 2.45) is 11.8 Å². The van der Waals surface area contributed by atoms with Gasteiger partial charge in [0.05, 0.1) is 22.6 Å². The van der Waals surface area contributed by atoms with Crippen molar-refractivity contribution in [2.75, 3.05) is 49.9 Å². The number of nitrogens with two attached hydrogens (primary N) is 1. The number of nitrogens with one attached hydrogen (secondary N) is 1. The van der Waals surface area contributed by atoms with Crippen molar-refractivity contribution in [3.8, 4) is 22.8 Å². The standard InChI is InChI=1S/C48H52N10O6/c49-43-41-42(32-10-13-36(14-11-32)64-35-6-2-1-3-7-35)53-58(44(41)51-29-50-43)34-5-4-22-56(28-34)48(63)55-25-20-31(21-26-55)9-8-30-18-23-54(24-19-30)33-12-15-37-38(27-33)47(62)57(46(37)61)39-16-17-40(59)52-45(39)60/h1-3,6-7,10-15,27,29-31,34,39H,4-5,8-9,16-26,28H2,(H2,49,50,51)(H,52,59,60). The van der Waals surface area contributed by atoms with Gasteiger partial charge in [-0.1, -0.05) is 31.0 Å². The Morgan fingerprint density at radius 1 is 0.750 bits per heavy atom. The van der Waals surface area contributed by atoms with Gasteiger partial charge in [0.15, 0.2) is 5.65 Å². The number of hydrogen-bond acceptors (Lipinski definition) is 11. The average Bonchev–Trinajstić information content (AvgIpc) is 3.84. The number of carbonyl (C=O) groups is 5. The van der Waals surface area contributed by atoms with Crippen LogP contribution in [0.3, 0.4) is 0 Å². The van der Waals surface area contributed by atoms with E-state index in [4.69, 9.17) is 15.6 Å². The molecule has 0 bridgehead atoms. The van der Waals surface area contributed by atoms with E-state index in [1.807, 2.05) is 75.1 Å². The number of urea groups is 1. The molecular formula is C48H52N10O6. The lowest BCUT2D eigenvalue weighted by Crippen LogP contribution is -2.54. The highest BCUT2D eigenvalue weighted by Crippen LogP contribution is 2.37. The second kappa shape index (κ2) is 17.4. The summed E-state index contributed by atoms with van der Waals surface area (Å²) in [7, 11) is 0. The maximum atomic E-state index is 14.0. The zero-order valence-electron chi connectivity index (χ0n) is 35.7. The Labute approximate surface area is 370 Å². The van der Waals surface area contributed by atoms with E-state index in [1.165, 1.54) is 6.33 Å². The molecule has 6 amide bonds. The molecule has 3 aromatic carbocycles. The van der Waals surface area contributed by atoms with Crippen LogP contribution in [0.4, 0.5) is 16.3 Å². The van der Waals surface area contributed by atoms with Crippen molar-refractivity contribution in [1.82, 2.24) is 39.8 Å². The van der Waals surface area contributed by atoms with Gasteiger partial charge in [-0.05, 0) is 111 Å². The van der Waals surface area contributed by atoms with E-state index in [-0.39, 0.29) is 24.9 Å². The van der Waals surface area contributed by atoms with Gasteiger partial charge in [-0.3, -0.25) is 29.4 Å². The molecule has 0 radical (unpaired) electrons. The van der Waals surface area contributed by atoms with Crippen LogP contribution >= 0.6 is 0 Å². The molecule has 7 heterocycles. The molecule has 10 rings (SSSR count). The van der Waals surface area contributed by atoms with Crippen LogP contribution in [0, 0.1) is 11.8 Å². The van der Waals surface area contributed by atoms with Gasteiger partial charge in [0.25, 0.3) is 11.8 Å². The summed E-state index contributed by atoms with van der Waals surface area (Å²) in [5.74, 6) is 1.06. The SMILES string of the molecule is Nc1ncnc2c1c(-c1ccc(Oc3ccccc3)cc1)nn2C1CCCN(C(=O)N2CCC(CCC3CCN(c4ccc5c(c4)C(=O)N(C4CCC(=O)NC4=O)C5=O)CC3)CC2)C1. The van der Waals surface area contributed by atoms with Crippen LogP contribution in [0.1, 0.15) is 91.0 Å². The van der Waals surface area contributed by atoms with Crippen LogP contribution < -0.4 is 20.7 Å². The molecule has 2 unspecified atom stereocenters. The molecular weight excluding hydrogens is 813 g/mol. The molecule has 16 nitrogen and oxygen atoms in total. The second-order valence-electron chi connectivity index (χ2n) is 17.8. The maximum absolute atomic E-state index is 14.0. The molecule has 5 aliphatic rings. The molecule has 2 aromatic heterocycles. The van der Waals surface area contributed by atoms with Gasteiger partial charge in [-0.25, -0.2) is 19.4 Å². The number of nitrogen functional groups attached to an aromatic ring is 1. The number of fused-ring (bicyclic) bond motifs is 2. The van der Waals surface area contributed by atoms with Crippen LogP contribution in [0.15, 0.2) is 79.1 Å². The number of hydrogen-bond donors (Lipinski definition) is 2. The zero-order chi connectivity index (χ0) is 43.9. The monoisotopic (exact) mass is 864 g/mol. The van der Waals surface area contributed by atoms with E-state index in [0.29, 0.717) is 64.3 Å². The van der Waals surface area contributed by atoms with E-state index < -0.39 is 29.7 Å². The zero-order valence-corrected chi connectivity index (χ0v) is 35.7. The molecule has 5 aliphatic heterocycles.